The Morgan fingerprint density at radius 2 is 2.03 bits per heavy atom. The Balaban J connectivity index is 1.44. The molecule has 2 atom stereocenters. The summed E-state index contributed by atoms with van der Waals surface area (Å²) in [6, 6.07) is 13.7. The minimum absolute atomic E-state index is 0.000574. The normalized spacial score (nSPS) is 18.0. The van der Waals surface area contributed by atoms with Gasteiger partial charge in [0, 0.05) is 31.7 Å². The van der Waals surface area contributed by atoms with Gasteiger partial charge in [0.25, 0.3) is 10.0 Å². The molecule has 170 valence electrons. The number of imidazole rings is 1. The van der Waals surface area contributed by atoms with Crippen LogP contribution in [0.2, 0.25) is 0 Å². The molecule has 0 saturated heterocycles. The van der Waals surface area contributed by atoms with Crippen LogP contribution in [0, 0.1) is 5.82 Å². The number of likely N-dealkylation sites (N-methyl/N-ethyl adjacent to an activating group) is 1. The average Bonchev–Trinajstić information content (AvgIpc) is 3.36. The highest BCUT2D eigenvalue weighted by molar-refractivity contribution is 7.89. The number of nitrogens with one attached hydrogen (secondary N) is 2. The molecule has 1 aromatic heterocycles. The Bertz CT molecular complexity index is 1180. The fraction of sp³-hybridized carbons (Fsp3) is 0.348. The van der Waals surface area contributed by atoms with Crippen molar-refractivity contribution in [3.63, 3.8) is 0 Å². The average molecular weight is 459 g/mol. The molecule has 2 aromatic carbocycles. The first-order valence-electron chi connectivity index (χ1n) is 10.5. The molecule has 9 heteroatoms. The van der Waals surface area contributed by atoms with Gasteiger partial charge in [-0.3, -0.25) is 0 Å². The lowest BCUT2D eigenvalue weighted by Crippen LogP contribution is -2.30. The lowest BCUT2D eigenvalue weighted by molar-refractivity contribution is 0.306. The quantitative estimate of drug-likeness (QED) is 0.481. The van der Waals surface area contributed by atoms with Crippen LogP contribution in [-0.2, 0) is 29.9 Å². The van der Waals surface area contributed by atoms with E-state index in [2.05, 4.69) is 27.2 Å². The molecule has 0 fully saturated rings. The number of nitrogens with zero attached hydrogens (tertiary/aromatic N) is 2. The number of hydrogen-bond donors (Lipinski definition) is 2. The maximum absolute atomic E-state index is 14.7. The van der Waals surface area contributed by atoms with Gasteiger partial charge in [-0.15, -0.1) is 0 Å². The zero-order valence-electron chi connectivity index (χ0n) is 18.1. The Morgan fingerprint density at radius 1 is 1.25 bits per heavy atom. The van der Waals surface area contributed by atoms with Gasteiger partial charge in [0.15, 0.2) is 16.6 Å². The zero-order chi connectivity index (χ0) is 22.7. The van der Waals surface area contributed by atoms with E-state index in [9.17, 15) is 12.8 Å². The van der Waals surface area contributed by atoms with Gasteiger partial charge in [-0.05, 0) is 48.7 Å². The van der Waals surface area contributed by atoms with Crippen LogP contribution < -0.4 is 14.8 Å². The second kappa shape index (κ2) is 9.40. The van der Waals surface area contributed by atoms with Crippen molar-refractivity contribution in [2.45, 2.75) is 29.8 Å². The largest absolute Gasteiger partial charge is 0.489 e. The van der Waals surface area contributed by atoms with Crippen LogP contribution in [0.15, 0.2) is 60.0 Å². The molecule has 2 N–H and O–H groups in total. The Hall–Kier alpha value is -2.75. The van der Waals surface area contributed by atoms with Crippen LogP contribution in [0.3, 0.4) is 0 Å². The minimum Gasteiger partial charge on any atom is -0.489 e. The Morgan fingerprint density at radius 3 is 2.72 bits per heavy atom. The van der Waals surface area contributed by atoms with Crippen molar-refractivity contribution in [1.82, 2.24) is 19.6 Å². The number of benzene rings is 2. The molecular weight excluding hydrogens is 431 g/mol. The predicted octanol–water partition coefficient (Wildman–Crippen LogP) is 2.39. The number of hydrogen-bond acceptors (Lipinski definition) is 5. The number of sulfonamides is 1. The summed E-state index contributed by atoms with van der Waals surface area (Å²) < 4.78 is 48.7. The summed E-state index contributed by atoms with van der Waals surface area (Å²) >= 11 is 0. The van der Waals surface area contributed by atoms with Crippen LogP contribution in [0.4, 0.5) is 4.39 Å². The summed E-state index contributed by atoms with van der Waals surface area (Å²) in [7, 11) is -0.115. The Kier molecular flexibility index (Phi) is 6.59. The smallest absolute Gasteiger partial charge is 0.259 e. The SMILES string of the molecule is CNC1Cc2cc(F)c(OCCNS(=O)(=O)c3cn(C)cn3)cc2C1Cc1ccccc1. The van der Waals surface area contributed by atoms with E-state index in [1.807, 2.05) is 25.2 Å². The van der Waals surface area contributed by atoms with Crippen molar-refractivity contribution in [1.29, 1.82) is 0 Å². The molecule has 1 aliphatic rings. The number of halogens is 1. The van der Waals surface area contributed by atoms with Gasteiger partial charge in [-0.2, -0.15) is 0 Å². The monoisotopic (exact) mass is 458 g/mol. The van der Waals surface area contributed by atoms with Crippen molar-refractivity contribution >= 4 is 10.0 Å². The predicted molar refractivity (Wildman–Crippen MR) is 120 cm³/mol. The summed E-state index contributed by atoms with van der Waals surface area (Å²) in [4.78, 5) is 3.84. The topological polar surface area (TPSA) is 85.3 Å². The van der Waals surface area contributed by atoms with Crippen molar-refractivity contribution in [3.8, 4) is 5.75 Å². The van der Waals surface area contributed by atoms with Crippen LogP contribution >= 0.6 is 0 Å². The zero-order valence-corrected chi connectivity index (χ0v) is 18.9. The van der Waals surface area contributed by atoms with E-state index in [0.717, 1.165) is 24.0 Å². The molecule has 1 aliphatic carbocycles. The first kappa shape index (κ1) is 22.4. The van der Waals surface area contributed by atoms with Crippen LogP contribution in [0.25, 0.3) is 0 Å². The highest BCUT2D eigenvalue weighted by Crippen LogP contribution is 2.39. The maximum atomic E-state index is 14.7. The van der Waals surface area contributed by atoms with E-state index in [-0.39, 0.29) is 35.9 Å². The number of ether oxygens (including phenoxy) is 1. The number of aromatic nitrogens is 2. The van der Waals surface area contributed by atoms with Gasteiger partial charge in [-0.25, -0.2) is 22.5 Å². The molecule has 0 spiro atoms. The van der Waals surface area contributed by atoms with Gasteiger partial charge in [0.05, 0.1) is 6.33 Å². The van der Waals surface area contributed by atoms with Crippen LogP contribution in [0.1, 0.15) is 22.6 Å². The molecule has 0 bridgehead atoms. The highest BCUT2D eigenvalue weighted by atomic mass is 32.2. The van der Waals surface area contributed by atoms with E-state index >= 15 is 0 Å². The molecule has 0 amide bonds. The second-order valence-electron chi connectivity index (χ2n) is 8.00. The molecule has 3 aromatic rings. The fourth-order valence-electron chi connectivity index (χ4n) is 4.20. The third kappa shape index (κ3) is 4.85. The Labute approximate surface area is 187 Å². The summed E-state index contributed by atoms with van der Waals surface area (Å²) in [5, 5.41) is 3.29. The van der Waals surface area contributed by atoms with E-state index in [1.54, 1.807) is 17.7 Å². The first-order chi connectivity index (χ1) is 15.4. The van der Waals surface area contributed by atoms with Gasteiger partial charge in [-0.1, -0.05) is 30.3 Å². The van der Waals surface area contributed by atoms with Crippen LogP contribution in [-0.4, -0.2) is 44.2 Å². The first-order valence-corrected chi connectivity index (χ1v) is 12.0. The lowest BCUT2D eigenvalue weighted by Gasteiger charge is -2.20. The summed E-state index contributed by atoms with van der Waals surface area (Å²) in [5.41, 5.74) is 3.27. The highest BCUT2D eigenvalue weighted by Gasteiger charge is 2.33. The van der Waals surface area contributed by atoms with E-state index in [4.69, 9.17) is 4.74 Å². The summed E-state index contributed by atoms with van der Waals surface area (Å²) in [5.74, 6) is -0.106. The summed E-state index contributed by atoms with van der Waals surface area (Å²) in [6.45, 7) is 0.00257. The van der Waals surface area contributed by atoms with Gasteiger partial charge >= 0.3 is 0 Å². The lowest BCUT2D eigenvalue weighted by atomic mass is 9.91. The number of rotatable bonds is 9. The molecule has 0 radical (unpaired) electrons. The molecular formula is C23H27FN4O3S. The molecule has 0 saturated carbocycles. The van der Waals surface area contributed by atoms with Crippen LogP contribution in [0.5, 0.6) is 5.75 Å². The van der Waals surface area contributed by atoms with E-state index < -0.39 is 15.8 Å². The third-order valence-corrected chi connectivity index (χ3v) is 7.14. The number of aryl methyl sites for hydroxylation is 1. The van der Waals surface area contributed by atoms with Gasteiger partial charge in [0.1, 0.15) is 6.61 Å². The van der Waals surface area contributed by atoms with E-state index in [0.29, 0.717) is 0 Å². The molecule has 1 heterocycles. The standard InChI is InChI=1S/C23H27FN4O3S/c1-25-21-12-17-11-20(24)22(13-18(17)19(21)10-16-6-4-3-5-7-16)31-9-8-27-32(29,30)23-14-28(2)15-26-23/h3-7,11,13-15,19,21,25,27H,8-10,12H2,1-2H3. The maximum Gasteiger partial charge on any atom is 0.259 e. The van der Waals surface area contributed by atoms with Gasteiger partial charge < -0.3 is 14.6 Å². The molecule has 0 aliphatic heterocycles. The fourth-order valence-corrected chi connectivity index (χ4v) is 5.19. The van der Waals surface area contributed by atoms with Crippen molar-refractivity contribution in [2.24, 2.45) is 7.05 Å². The van der Waals surface area contributed by atoms with Crippen molar-refractivity contribution in [3.05, 3.63) is 77.5 Å². The van der Waals surface area contributed by atoms with Crippen molar-refractivity contribution in [2.75, 3.05) is 20.2 Å². The number of fused-ring (bicyclic) bond motifs is 1. The van der Waals surface area contributed by atoms with Crippen molar-refractivity contribution < 1.29 is 17.5 Å². The molecule has 32 heavy (non-hydrogen) atoms. The van der Waals surface area contributed by atoms with Gasteiger partial charge in [0.2, 0.25) is 0 Å². The van der Waals surface area contributed by atoms with E-state index in [1.165, 1.54) is 24.2 Å². The summed E-state index contributed by atoms with van der Waals surface area (Å²) in [6.07, 6.45) is 4.42. The molecule has 4 rings (SSSR count). The second-order valence-corrected chi connectivity index (χ2v) is 9.71. The molecule has 2 unspecified atom stereocenters. The third-order valence-electron chi connectivity index (χ3n) is 5.80. The minimum atomic E-state index is -3.73. The molecule has 7 nitrogen and oxygen atoms in total.